The molecule has 0 aliphatic heterocycles. The van der Waals surface area contributed by atoms with Gasteiger partial charge in [-0.15, -0.1) is 0 Å². The molecule has 0 saturated heterocycles. The molecule has 0 amide bonds. The van der Waals surface area contributed by atoms with Crippen LogP contribution in [0.2, 0.25) is 0 Å². The molecular weight excluding hydrogens is 212 g/mol. The van der Waals surface area contributed by atoms with Gasteiger partial charge in [-0.2, -0.15) is 0 Å². The number of carboxylic acids is 1. The van der Waals surface area contributed by atoms with Crippen LogP contribution in [0.25, 0.3) is 0 Å². The first-order chi connectivity index (χ1) is 8.18. The molecule has 2 nitrogen and oxygen atoms in total. The van der Waals surface area contributed by atoms with Gasteiger partial charge in [0.1, 0.15) is 0 Å². The average Bonchev–Trinajstić information content (AvgIpc) is 2.27. The van der Waals surface area contributed by atoms with E-state index in [0.717, 1.165) is 12.8 Å². The molecule has 17 heavy (non-hydrogen) atoms. The van der Waals surface area contributed by atoms with Crippen LogP contribution in [0.1, 0.15) is 91.4 Å². The Hall–Kier alpha value is -0.530. The molecule has 0 unspecified atom stereocenters. The molecule has 0 aromatic heterocycles. The summed E-state index contributed by atoms with van der Waals surface area (Å²) >= 11 is 0. The topological polar surface area (TPSA) is 37.3 Å². The van der Waals surface area contributed by atoms with Gasteiger partial charge in [0, 0.05) is 6.42 Å². The van der Waals surface area contributed by atoms with E-state index in [2.05, 4.69) is 20.8 Å². The quantitative estimate of drug-likeness (QED) is 0.522. The lowest BCUT2D eigenvalue weighted by Crippen LogP contribution is -1.93. The van der Waals surface area contributed by atoms with E-state index in [0.29, 0.717) is 6.42 Å². The minimum Gasteiger partial charge on any atom is -0.481 e. The third kappa shape index (κ3) is 25.6. The van der Waals surface area contributed by atoms with Gasteiger partial charge >= 0.3 is 5.97 Å². The molecule has 0 rings (SSSR count). The van der Waals surface area contributed by atoms with Crippen LogP contribution in [-0.4, -0.2) is 11.1 Å². The molecule has 0 radical (unpaired) electrons. The highest BCUT2D eigenvalue weighted by Gasteiger charge is 1.96. The SMILES string of the molecule is CCC.CCCCCCCCCCCC(=O)O. The maximum absolute atomic E-state index is 10.2. The first kappa shape index (κ1) is 18.8. The first-order valence-electron chi connectivity index (χ1n) is 7.40. The molecule has 0 aromatic carbocycles. The number of carbonyl (C=O) groups is 1. The summed E-state index contributed by atoms with van der Waals surface area (Å²) in [5.74, 6) is -0.659. The maximum atomic E-state index is 10.2. The summed E-state index contributed by atoms with van der Waals surface area (Å²) in [5, 5.41) is 8.41. The Bertz CT molecular complexity index is 144. The molecule has 2 heteroatoms. The average molecular weight is 244 g/mol. The molecule has 0 aromatic rings. The Kier molecular flexibility index (Phi) is 19.8. The highest BCUT2D eigenvalue weighted by Crippen LogP contribution is 2.10. The lowest BCUT2D eigenvalue weighted by molar-refractivity contribution is -0.137. The normalized spacial score (nSPS) is 9.59. The largest absolute Gasteiger partial charge is 0.481 e. The number of hydrogen-bond donors (Lipinski definition) is 1. The number of unbranched alkanes of at least 4 members (excludes halogenated alkanes) is 8. The van der Waals surface area contributed by atoms with Crippen LogP contribution >= 0.6 is 0 Å². The van der Waals surface area contributed by atoms with Crippen molar-refractivity contribution in [3.63, 3.8) is 0 Å². The Balaban J connectivity index is 0. The van der Waals surface area contributed by atoms with Crippen molar-refractivity contribution >= 4 is 5.97 Å². The van der Waals surface area contributed by atoms with Gasteiger partial charge in [0.25, 0.3) is 0 Å². The molecule has 1 N–H and O–H groups in total. The first-order valence-corrected chi connectivity index (χ1v) is 7.40. The van der Waals surface area contributed by atoms with Gasteiger partial charge in [-0.25, -0.2) is 0 Å². The van der Waals surface area contributed by atoms with Crippen molar-refractivity contribution in [2.24, 2.45) is 0 Å². The zero-order chi connectivity index (χ0) is 13.4. The number of rotatable bonds is 10. The van der Waals surface area contributed by atoms with Crippen LogP contribution in [0, 0.1) is 0 Å². The van der Waals surface area contributed by atoms with Crippen LogP contribution in [-0.2, 0) is 4.79 Å². The van der Waals surface area contributed by atoms with E-state index in [4.69, 9.17) is 5.11 Å². The molecule has 0 aliphatic carbocycles. The Morgan fingerprint density at radius 3 is 1.47 bits per heavy atom. The van der Waals surface area contributed by atoms with Crippen LogP contribution < -0.4 is 0 Å². The Morgan fingerprint density at radius 2 is 1.12 bits per heavy atom. The van der Waals surface area contributed by atoms with Crippen LogP contribution in [0.15, 0.2) is 0 Å². The van der Waals surface area contributed by atoms with E-state index in [1.807, 2.05) is 0 Å². The van der Waals surface area contributed by atoms with Gasteiger partial charge in [-0.05, 0) is 6.42 Å². The summed E-state index contributed by atoms with van der Waals surface area (Å²) in [5.41, 5.74) is 0. The van der Waals surface area contributed by atoms with Gasteiger partial charge in [0.15, 0.2) is 0 Å². The number of aliphatic carboxylic acids is 1. The van der Waals surface area contributed by atoms with E-state index >= 15 is 0 Å². The molecule has 0 fully saturated rings. The Morgan fingerprint density at radius 1 is 0.765 bits per heavy atom. The van der Waals surface area contributed by atoms with E-state index in [1.165, 1.54) is 51.4 Å². The second-order valence-electron chi connectivity index (χ2n) is 4.68. The van der Waals surface area contributed by atoms with Gasteiger partial charge < -0.3 is 5.11 Å². The number of hydrogen-bond acceptors (Lipinski definition) is 1. The van der Waals surface area contributed by atoms with Gasteiger partial charge in [-0.1, -0.05) is 78.6 Å². The highest BCUT2D eigenvalue weighted by molar-refractivity contribution is 5.66. The second-order valence-corrected chi connectivity index (χ2v) is 4.68. The summed E-state index contributed by atoms with van der Waals surface area (Å²) < 4.78 is 0. The third-order valence-corrected chi connectivity index (χ3v) is 2.49. The smallest absolute Gasteiger partial charge is 0.303 e. The lowest BCUT2D eigenvalue weighted by atomic mass is 10.1. The zero-order valence-electron chi connectivity index (χ0n) is 12.1. The predicted molar refractivity (Wildman–Crippen MR) is 75.4 cm³/mol. The molecule has 104 valence electrons. The van der Waals surface area contributed by atoms with Crippen LogP contribution in [0.3, 0.4) is 0 Å². The lowest BCUT2D eigenvalue weighted by Gasteiger charge is -2.00. The standard InChI is InChI=1S/C12H24O2.C3H8/c1-2-3-4-5-6-7-8-9-10-11-12(13)14;1-3-2/h2-11H2,1H3,(H,13,14);3H2,1-2H3. The third-order valence-electron chi connectivity index (χ3n) is 2.49. The summed E-state index contributed by atoms with van der Waals surface area (Å²) in [7, 11) is 0. The molecule has 0 saturated carbocycles. The zero-order valence-corrected chi connectivity index (χ0v) is 12.1. The summed E-state index contributed by atoms with van der Waals surface area (Å²) in [4.78, 5) is 10.2. The van der Waals surface area contributed by atoms with Gasteiger partial charge in [0.2, 0.25) is 0 Å². The molecule has 0 heterocycles. The van der Waals surface area contributed by atoms with Crippen molar-refractivity contribution in [2.45, 2.75) is 91.4 Å². The van der Waals surface area contributed by atoms with Crippen molar-refractivity contribution in [3.8, 4) is 0 Å². The van der Waals surface area contributed by atoms with Crippen LogP contribution in [0.5, 0.6) is 0 Å². The van der Waals surface area contributed by atoms with E-state index in [1.54, 1.807) is 0 Å². The second kappa shape index (κ2) is 17.9. The molecule has 0 atom stereocenters. The summed E-state index contributed by atoms with van der Waals surface area (Å²) in [6.07, 6.45) is 12.7. The summed E-state index contributed by atoms with van der Waals surface area (Å²) in [6, 6.07) is 0. The fraction of sp³-hybridized carbons (Fsp3) is 0.933. The fourth-order valence-electron chi connectivity index (χ4n) is 1.59. The molecule has 0 bridgehead atoms. The number of carboxylic acid groups (broad SMARTS) is 1. The van der Waals surface area contributed by atoms with Crippen molar-refractivity contribution in [2.75, 3.05) is 0 Å². The van der Waals surface area contributed by atoms with Crippen LogP contribution in [0.4, 0.5) is 0 Å². The molecular formula is C15H32O2. The monoisotopic (exact) mass is 244 g/mol. The minimum atomic E-state index is -0.659. The van der Waals surface area contributed by atoms with E-state index < -0.39 is 5.97 Å². The molecule has 0 aliphatic rings. The van der Waals surface area contributed by atoms with E-state index in [9.17, 15) is 4.79 Å². The predicted octanol–water partition coefficient (Wildman–Crippen LogP) is 5.41. The Labute approximate surface area is 108 Å². The van der Waals surface area contributed by atoms with E-state index in [-0.39, 0.29) is 0 Å². The maximum Gasteiger partial charge on any atom is 0.303 e. The minimum absolute atomic E-state index is 0.343. The van der Waals surface area contributed by atoms with Gasteiger partial charge in [-0.3, -0.25) is 4.79 Å². The van der Waals surface area contributed by atoms with Gasteiger partial charge in [0.05, 0.1) is 0 Å². The van der Waals surface area contributed by atoms with Crippen molar-refractivity contribution in [1.29, 1.82) is 0 Å². The molecule has 0 spiro atoms. The fourth-order valence-corrected chi connectivity index (χ4v) is 1.59. The van der Waals surface area contributed by atoms with Crippen molar-refractivity contribution < 1.29 is 9.90 Å². The van der Waals surface area contributed by atoms with Crippen molar-refractivity contribution in [1.82, 2.24) is 0 Å². The van der Waals surface area contributed by atoms with Crippen molar-refractivity contribution in [3.05, 3.63) is 0 Å². The summed E-state index contributed by atoms with van der Waals surface area (Å²) in [6.45, 7) is 6.48. The highest BCUT2D eigenvalue weighted by atomic mass is 16.4.